The van der Waals surface area contributed by atoms with Gasteiger partial charge in [-0.3, -0.25) is 4.79 Å². The number of aliphatic hydroxyl groups excluding tert-OH is 1. The second-order valence-corrected chi connectivity index (χ2v) is 4.35. The molecule has 0 radical (unpaired) electrons. The van der Waals surface area contributed by atoms with Gasteiger partial charge in [0.05, 0.1) is 17.3 Å². The van der Waals surface area contributed by atoms with Crippen LogP contribution in [0.5, 0.6) is 0 Å². The zero-order valence-corrected chi connectivity index (χ0v) is 9.28. The van der Waals surface area contributed by atoms with Gasteiger partial charge in [-0.25, -0.2) is 4.52 Å². The van der Waals surface area contributed by atoms with Crippen molar-refractivity contribution < 1.29 is 9.90 Å². The Kier molecular flexibility index (Phi) is 2.33. The number of hydrogen-bond acceptors (Lipinski definition) is 3. The maximum Gasteiger partial charge on any atom is 0.257 e. The van der Waals surface area contributed by atoms with Crippen molar-refractivity contribution in [3.05, 3.63) is 36.2 Å². The first-order chi connectivity index (χ1) is 8.29. The number of fused-ring (bicyclic) bond motifs is 1. The number of carbonyl (C=O) groups excluding carboxylic acids is 1. The average Bonchev–Trinajstić information content (AvgIpc) is 2.71. The topological polar surface area (TPSA) is 57.8 Å². The van der Waals surface area contributed by atoms with Crippen LogP contribution in [-0.4, -0.2) is 45.2 Å². The average molecular weight is 231 g/mol. The molecule has 1 fully saturated rings. The third-order valence-corrected chi connectivity index (χ3v) is 3.16. The van der Waals surface area contributed by atoms with E-state index < -0.39 is 0 Å². The minimum Gasteiger partial charge on any atom is -0.396 e. The highest BCUT2D eigenvalue weighted by atomic mass is 16.3. The second-order valence-electron chi connectivity index (χ2n) is 4.35. The van der Waals surface area contributed by atoms with Gasteiger partial charge in [0.2, 0.25) is 0 Å². The lowest BCUT2D eigenvalue weighted by Crippen LogP contribution is -2.51. The number of amides is 1. The molecule has 0 aromatic carbocycles. The van der Waals surface area contributed by atoms with Gasteiger partial charge in [0.25, 0.3) is 5.91 Å². The van der Waals surface area contributed by atoms with E-state index in [1.165, 1.54) is 0 Å². The van der Waals surface area contributed by atoms with E-state index in [1.807, 2.05) is 24.4 Å². The Morgan fingerprint density at radius 1 is 1.47 bits per heavy atom. The van der Waals surface area contributed by atoms with Crippen molar-refractivity contribution >= 4 is 11.4 Å². The van der Waals surface area contributed by atoms with Crippen molar-refractivity contribution in [1.82, 2.24) is 14.5 Å². The molecule has 2 aromatic rings. The lowest BCUT2D eigenvalue weighted by atomic mass is 10.0. The normalized spacial score (nSPS) is 16.2. The standard InChI is InChI=1S/C12H13N3O2/c16-8-9-6-14(7-9)12(17)10-5-13-15-4-2-1-3-11(10)15/h1-5,9,16H,6-8H2. The van der Waals surface area contributed by atoms with Gasteiger partial charge in [0.15, 0.2) is 0 Å². The fourth-order valence-corrected chi connectivity index (χ4v) is 2.12. The molecule has 17 heavy (non-hydrogen) atoms. The third-order valence-electron chi connectivity index (χ3n) is 3.16. The Balaban J connectivity index is 1.87. The van der Waals surface area contributed by atoms with Crippen LogP contribution in [-0.2, 0) is 0 Å². The van der Waals surface area contributed by atoms with E-state index >= 15 is 0 Å². The molecule has 1 N–H and O–H groups in total. The molecule has 1 aliphatic heterocycles. The lowest BCUT2D eigenvalue weighted by Gasteiger charge is -2.38. The first kappa shape index (κ1) is 10.3. The smallest absolute Gasteiger partial charge is 0.257 e. The summed E-state index contributed by atoms with van der Waals surface area (Å²) in [5.41, 5.74) is 1.45. The molecular formula is C12H13N3O2. The van der Waals surface area contributed by atoms with E-state index in [1.54, 1.807) is 15.6 Å². The van der Waals surface area contributed by atoms with Crippen LogP contribution in [0.1, 0.15) is 10.4 Å². The number of nitrogens with zero attached hydrogens (tertiary/aromatic N) is 3. The highest BCUT2D eigenvalue weighted by Crippen LogP contribution is 2.20. The molecule has 0 unspecified atom stereocenters. The molecule has 3 heterocycles. The molecule has 5 nitrogen and oxygen atoms in total. The number of aliphatic hydroxyl groups is 1. The first-order valence-electron chi connectivity index (χ1n) is 5.62. The Morgan fingerprint density at radius 2 is 2.29 bits per heavy atom. The summed E-state index contributed by atoms with van der Waals surface area (Å²) in [7, 11) is 0. The Labute approximate surface area is 98.3 Å². The van der Waals surface area contributed by atoms with Crippen molar-refractivity contribution in [2.24, 2.45) is 5.92 Å². The number of aromatic nitrogens is 2. The predicted octanol–water partition coefficient (Wildman–Crippen LogP) is 0.399. The van der Waals surface area contributed by atoms with E-state index in [2.05, 4.69) is 5.10 Å². The number of likely N-dealkylation sites (tertiary alicyclic amines) is 1. The van der Waals surface area contributed by atoms with Gasteiger partial charge in [0.1, 0.15) is 0 Å². The number of pyridine rings is 1. The van der Waals surface area contributed by atoms with Crippen LogP contribution < -0.4 is 0 Å². The molecule has 1 aliphatic rings. The quantitative estimate of drug-likeness (QED) is 0.813. The highest BCUT2D eigenvalue weighted by molar-refractivity contribution is 6.00. The lowest BCUT2D eigenvalue weighted by molar-refractivity contribution is 0.0364. The van der Waals surface area contributed by atoms with Gasteiger partial charge in [-0.05, 0) is 12.1 Å². The van der Waals surface area contributed by atoms with Crippen molar-refractivity contribution in [2.75, 3.05) is 19.7 Å². The third kappa shape index (κ3) is 1.59. The summed E-state index contributed by atoms with van der Waals surface area (Å²) in [6.07, 6.45) is 3.42. The van der Waals surface area contributed by atoms with Gasteiger partial charge in [-0.1, -0.05) is 6.07 Å². The van der Waals surface area contributed by atoms with Gasteiger partial charge in [-0.2, -0.15) is 5.10 Å². The number of hydrogen-bond donors (Lipinski definition) is 1. The van der Waals surface area contributed by atoms with E-state index in [4.69, 9.17) is 5.11 Å². The molecule has 0 atom stereocenters. The van der Waals surface area contributed by atoms with Crippen molar-refractivity contribution in [2.45, 2.75) is 0 Å². The Hall–Kier alpha value is -1.88. The summed E-state index contributed by atoms with van der Waals surface area (Å²) in [4.78, 5) is 13.9. The summed E-state index contributed by atoms with van der Waals surface area (Å²) in [6.45, 7) is 1.43. The SMILES string of the molecule is O=C(c1cnn2ccccc12)N1CC(CO)C1. The molecule has 0 bridgehead atoms. The van der Waals surface area contributed by atoms with Crippen molar-refractivity contribution in [1.29, 1.82) is 0 Å². The van der Waals surface area contributed by atoms with Gasteiger partial charge in [-0.15, -0.1) is 0 Å². The van der Waals surface area contributed by atoms with Crippen LogP contribution in [0.15, 0.2) is 30.6 Å². The molecule has 0 aliphatic carbocycles. The maximum atomic E-state index is 12.2. The van der Waals surface area contributed by atoms with E-state index in [-0.39, 0.29) is 18.4 Å². The Bertz CT molecular complexity index is 558. The number of carbonyl (C=O) groups is 1. The monoisotopic (exact) mass is 231 g/mol. The largest absolute Gasteiger partial charge is 0.396 e. The van der Waals surface area contributed by atoms with Gasteiger partial charge < -0.3 is 10.0 Å². The predicted molar refractivity (Wildman–Crippen MR) is 61.7 cm³/mol. The van der Waals surface area contributed by atoms with Crippen LogP contribution in [0.4, 0.5) is 0 Å². The second kappa shape index (κ2) is 3.85. The molecular weight excluding hydrogens is 218 g/mol. The minimum absolute atomic E-state index is 0.00380. The first-order valence-corrected chi connectivity index (χ1v) is 5.62. The Morgan fingerprint density at radius 3 is 3.06 bits per heavy atom. The van der Waals surface area contributed by atoms with Gasteiger partial charge in [0, 0.05) is 31.8 Å². The molecule has 5 heteroatoms. The fraction of sp³-hybridized carbons (Fsp3) is 0.333. The zero-order valence-electron chi connectivity index (χ0n) is 9.28. The molecule has 0 spiro atoms. The maximum absolute atomic E-state index is 12.2. The van der Waals surface area contributed by atoms with Crippen LogP contribution in [0.3, 0.4) is 0 Å². The summed E-state index contributed by atoms with van der Waals surface area (Å²) in [5, 5.41) is 13.1. The zero-order chi connectivity index (χ0) is 11.8. The molecule has 3 rings (SSSR count). The molecule has 2 aromatic heterocycles. The van der Waals surface area contributed by atoms with E-state index in [0.717, 1.165) is 5.52 Å². The van der Waals surface area contributed by atoms with Crippen LogP contribution >= 0.6 is 0 Å². The molecule has 0 saturated carbocycles. The van der Waals surface area contributed by atoms with Crippen LogP contribution in [0.2, 0.25) is 0 Å². The van der Waals surface area contributed by atoms with Crippen molar-refractivity contribution in [3.63, 3.8) is 0 Å². The number of rotatable bonds is 2. The molecule has 88 valence electrons. The van der Waals surface area contributed by atoms with E-state index in [9.17, 15) is 4.79 Å². The summed E-state index contributed by atoms with van der Waals surface area (Å²) >= 11 is 0. The van der Waals surface area contributed by atoms with Gasteiger partial charge >= 0.3 is 0 Å². The molecule has 1 amide bonds. The summed E-state index contributed by atoms with van der Waals surface area (Å²) in [5.74, 6) is 0.233. The molecule has 1 saturated heterocycles. The minimum atomic E-state index is -0.00380. The van der Waals surface area contributed by atoms with Crippen LogP contribution in [0, 0.1) is 5.92 Å². The van der Waals surface area contributed by atoms with Crippen LogP contribution in [0.25, 0.3) is 5.52 Å². The van der Waals surface area contributed by atoms with E-state index in [0.29, 0.717) is 18.7 Å². The summed E-state index contributed by atoms with van der Waals surface area (Å²) < 4.78 is 1.69. The highest BCUT2D eigenvalue weighted by Gasteiger charge is 2.31. The summed E-state index contributed by atoms with van der Waals surface area (Å²) in [6, 6.07) is 5.64. The fourth-order valence-electron chi connectivity index (χ4n) is 2.12. The van der Waals surface area contributed by atoms with Crippen molar-refractivity contribution in [3.8, 4) is 0 Å².